The van der Waals surface area contributed by atoms with Gasteiger partial charge in [-0.05, 0) is 30.5 Å². The fourth-order valence-corrected chi connectivity index (χ4v) is 4.56. The Bertz CT molecular complexity index is 1730. The van der Waals surface area contributed by atoms with E-state index in [-0.39, 0.29) is 28.9 Å². The molecule has 0 radical (unpaired) electrons. The van der Waals surface area contributed by atoms with Gasteiger partial charge in [-0.1, -0.05) is 49.7 Å². The number of amides is 1. The Kier molecular flexibility index (Phi) is 6.39. The van der Waals surface area contributed by atoms with Gasteiger partial charge >= 0.3 is 0 Å². The van der Waals surface area contributed by atoms with Crippen LogP contribution in [0.15, 0.2) is 52.0 Å². The van der Waals surface area contributed by atoms with Crippen LogP contribution in [0.4, 0.5) is 5.82 Å². The highest BCUT2D eigenvalue weighted by Crippen LogP contribution is 2.25. The lowest BCUT2D eigenvalue weighted by Crippen LogP contribution is -2.33. The van der Waals surface area contributed by atoms with E-state index < -0.39 is 11.9 Å². The lowest BCUT2D eigenvalue weighted by molar-refractivity contribution is 0.0940. The molecule has 0 aliphatic heterocycles. The summed E-state index contributed by atoms with van der Waals surface area (Å²) in [5.41, 5.74) is 6.55. The Morgan fingerprint density at radius 2 is 2.05 bits per heavy atom. The Labute approximate surface area is 222 Å². The first-order chi connectivity index (χ1) is 18.0. The standard InChI is InChI=1S/C26H27ClN8O3/c1-14(30-23(36)20-21(28)32-35-11-6-10-29-22(20)35)17-13-15-7-5-8-16(27)19(15)24(37)34(17)12-9-18-31-25(38-33-18)26(2,3)4/h5-8,10-11,13-14H,9,12H2,1-4H3,(H2,28,32)(H,30,36). The molecule has 5 rings (SSSR count). The van der Waals surface area contributed by atoms with Gasteiger partial charge < -0.3 is 20.1 Å². The van der Waals surface area contributed by atoms with Gasteiger partial charge in [-0.2, -0.15) is 4.98 Å². The number of nitrogens with zero attached hydrogens (tertiary/aromatic N) is 6. The lowest BCUT2D eigenvalue weighted by atomic mass is 9.97. The van der Waals surface area contributed by atoms with Gasteiger partial charge in [-0.15, -0.1) is 5.10 Å². The molecule has 0 saturated heterocycles. The molecule has 11 nitrogen and oxygen atoms in total. The fraction of sp³-hybridized carbons (Fsp3) is 0.308. The highest BCUT2D eigenvalue weighted by molar-refractivity contribution is 6.35. The molecule has 3 N–H and O–H groups in total. The number of halogens is 1. The minimum absolute atomic E-state index is 0.0582. The Balaban J connectivity index is 1.51. The summed E-state index contributed by atoms with van der Waals surface area (Å²) in [5.74, 6) is 0.598. The molecule has 0 spiro atoms. The van der Waals surface area contributed by atoms with E-state index in [2.05, 4.69) is 25.5 Å². The SMILES string of the molecule is CC(NC(=O)c1c(N)nn2cccnc12)c1cc2cccc(Cl)c2c(=O)n1CCc1noc(C(C)(C)C)n1. The molecule has 1 unspecified atom stereocenters. The summed E-state index contributed by atoms with van der Waals surface area (Å²) in [7, 11) is 0. The number of pyridine rings is 1. The predicted octanol–water partition coefficient (Wildman–Crippen LogP) is 3.69. The van der Waals surface area contributed by atoms with Crippen molar-refractivity contribution < 1.29 is 9.32 Å². The van der Waals surface area contributed by atoms with Gasteiger partial charge in [-0.3, -0.25) is 9.59 Å². The van der Waals surface area contributed by atoms with Crippen molar-refractivity contribution in [1.82, 2.24) is 34.6 Å². The molecule has 0 aliphatic rings. The molecule has 12 heteroatoms. The molecule has 1 aromatic carbocycles. The largest absolute Gasteiger partial charge is 0.381 e. The number of hydrogen-bond donors (Lipinski definition) is 2. The minimum atomic E-state index is -0.577. The first-order valence-corrected chi connectivity index (χ1v) is 12.5. The van der Waals surface area contributed by atoms with Crippen LogP contribution in [0.25, 0.3) is 16.4 Å². The van der Waals surface area contributed by atoms with Gasteiger partial charge in [0.2, 0.25) is 5.89 Å². The number of fused-ring (bicyclic) bond motifs is 2. The number of nitrogens with two attached hydrogens (primary N) is 1. The molecule has 1 amide bonds. The van der Waals surface area contributed by atoms with Crippen molar-refractivity contribution in [1.29, 1.82) is 0 Å². The van der Waals surface area contributed by atoms with E-state index in [1.165, 1.54) is 4.52 Å². The summed E-state index contributed by atoms with van der Waals surface area (Å²) in [6.45, 7) is 7.98. The van der Waals surface area contributed by atoms with Crippen LogP contribution in [0.3, 0.4) is 0 Å². The molecule has 0 fully saturated rings. The van der Waals surface area contributed by atoms with E-state index in [0.717, 1.165) is 0 Å². The maximum absolute atomic E-state index is 13.7. The van der Waals surface area contributed by atoms with Crippen molar-refractivity contribution in [3.8, 4) is 0 Å². The van der Waals surface area contributed by atoms with Crippen LogP contribution in [0, 0.1) is 0 Å². The van der Waals surface area contributed by atoms with Gasteiger partial charge in [-0.25, -0.2) is 9.50 Å². The van der Waals surface area contributed by atoms with Crippen molar-refractivity contribution >= 4 is 39.7 Å². The molecule has 196 valence electrons. The molecule has 4 heterocycles. The van der Waals surface area contributed by atoms with Gasteiger partial charge in [0.25, 0.3) is 11.5 Å². The number of nitrogens with one attached hydrogen (secondary N) is 1. The zero-order chi connectivity index (χ0) is 27.2. The maximum atomic E-state index is 13.7. The average molecular weight is 535 g/mol. The number of carbonyl (C=O) groups is 1. The van der Waals surface area contributed by atoms with Crippen molar-refractivity contribution in [3.05, 3.63) is 81.1 Å². The van der Waals surface area contributed by atoms with Crippen LogP contribution in [0.5, 0.6) is 0 Å². The average Bonchev–Trinajstić information content (AvgIpc) is 3.47. The molecule has 0 bridgehead atoms. The summed E-state index contributed by atoms with van der Waals surface area (Å²) in [6, 6.07) is 8.23. The van der Waals surface area contributed by atoms with Gasteiger partial charge in [0.1, 0.15) is 5.56 Å². The monoisotopic (exact) mass is 534 g/mol. The smallest absolute Gasteiger partial charge is 0.260 e. The molecular formula is C26H27ClN8O3. The molecule has 38 heavy (non-hydrogen) atoms. The third kappa shape index (κ3) is 4.60. The highest BCUT2D eigenvalue weighted by atomic mass is 35.5. The summed E-state index contributed by atoms with van der Waals surface area (Å²) < 4.78 is 8.43. The van der Waals surface area contributed by atoms with Crippen LogP contribution in [-0.2, 0) is 18.4 Å². The van der Waals surface area contributed by atoms with Crippen LogP contribution in [0.2, 0.25) is 5.02 Å². The summed E-state index contributed by atoms with van der Waals surface area (Å²) >= 11 is 6.41. The number of aryl methyl sites for hydroxylation is 1. The zero-order valence-corrected chi connectivity index (χ0v) is 22.2. The van der Waals surface area contributed by atoms with E-state index in [9.17, 15) is 9.59 Å². The summed E-state index contributed by atoms with van der Waals surface area (Å²) in [6.07, 6.45) is 3.56. The minimum Gasteiger partial charge on any atom is -0.381 e. The Morgan fingerprint density at radius 3 is 2.79 bits per heavy atom. The normalized spacial score (nSPS) is 12.8. The first kappa shape index (κ1) is 25.4. The van der Waals surface area contributed by atoms with E-state index in [1.807, 2.05) is 32.9 Å². The van der Waals surface area contributed by atoms with Crippen molar-refractivity contribution in [2.24, 2.45) is 0 Å². The van der Waals surface area contributed by atoms with Crippen molar-refractivity contribution in [2.75, 3.05) is 5.73 Å². The van der Waals surface area contributed by atoms with Gasteiger partial charge in [0.15, 0.2) is 17.3 Å². The number of benzene rings is 1. The van der Waals surface area contributed by atoms with Crippen LogP contribution < -0.4 is 16.6 Å². The summed E-state index contributed by atoms with van der Waals surface area (Å²) in [5, 5.41) is 12.6. The Morgan fingerprint density at radius 1 is 1.26 bits per heavy atom. The second-order valence-electron chi connectivity index (χ2n) is 10.1. The van der Waals surface area contributed by atoms with Gasteiger partial charge in [0, 0.05) is 36.5 Å². The molecule has 1 atom stereocenters. The lowest BCUT2D eigenvalue weighted by Gasteiger charge is -2.21. The number of aromatic nitrogens is 6. The van der Waals surface area contributed by atoms with E-state index in [4.69, 9.17) is 21.9 Å². The molecule has 0 aliphatic carbocycles. The van der Waals surface area contributed by atoms with Crippen LogP contribution in [0.1, 0.15) is 61.5 Å². The summed E-state index contributed by atoms with van der Waals surface area (Å²) in [4.78, 5) is 35.7. The van der Waals surface area contributed by atoms with E-state index in [1.54, 1.807) is 42.1 Å². The maximum Gasteiger partial charge on any atom is 0.260 e. The number of carbonyl (C=O) groups excluding carboxylic acids is 1. The Hall–Kier alpha value is -4.25. The van der Waals surface area contributed by atoms with Gasteiger partial charge in [0.05, 0.1) is 16.5 Å². The number of rotatable bonds is 6. The fourth-order valence-electron chi connectivity index (χ4n) is 4.30. The predicted molar refractivity (Wildman–Crippen MR) is 143 cm³/mol. The molecule has 4 aromatic heterocycles. The second kappa shape index (κ2) is 9.56. The van der Waals surface area contributed by atoms with Crippen molar-refractivity contribution in [2.45, 2.75) is 52.1 Å². The quantitative estimate of drug-likeness (QED) is 0.335. The number of anilines is 1. The third-order valence-corrected chi connectivity index (χ3v) is 6.54. The second-order valence-corrected chi connectivity index (χ2v) is 10.5. The van der Waals surface area contributed by atoms with Crippen LogP contribution >= 0.6 is 11.6 Å². The van der Waals surface area contributed by atoms with Crippen molar-refractivity contribution in [3.63, 3.8) is 0 Å². The van der Waals surface area contributed by atoms with E-state index >= 15 is 0 Å². The molecule has 0 saturated carbocycles. The topological polar surface area (TPSA) is 146 Å². The third-order valence-electron chi connectivity index (χ3n) is 6.23. The molecule has 5 aromatic rings. The van der Waals surface area contributed by atoms with Crippen LogP contribution in [-0.4, -0.2) is 35.2 Å². The number of hydrogen-bond acceptors (Lipinski definition) is 8. The first-order valence-electron chi connectivity index (χ1n) is 12.1. The van der Waals surface area contributed by atoms with E-state index in [0.29, 0.717) is 45.3 Å². The highest BCUT2D eigenvalue weighted by Gasteiger charge is 2.25. The zero-order valence-electron chi connectivity index (χ0n) is 21.4. The number of nitrogen functional groups attached to an aromatic ring is 1. The molecular weight excluding hydrogens is 508 g/mol.